The minimum atomic E-state index is -1.53. The zero-order valence-corrected chi connectivity index (χ0v) is 16.5. The number of piperidine rings is 1. The molecular weight excluding hydrogens is 401 g/mol. The van der Waals surface area contributed by atoms with E-state index < -0.39 is 47.3 Å². The van der Waals surface area contributed by atoms with E-state index in [1.165, 1.54) is 12.1 Å². The molecule has 0 saturated carbocycles. The van der Waals surface area contributed by atoms with Crippen LogP contribution in [0.15, 0.2) is 24.3 Å². The van der Waals surface area contributed by atoms with Gasteiger partial charge in [0.05, 0.1) is 13.2 Å². The topological polar surface area (TPSA) is 130 Å². The molecule has 1 aromatic rings. The van der Waals surface area contributed by atoms with Crippen molar-refractivity contribution in [2.75, 3.05) is 33.5 Å². The summed E-state index contributed by atoms with van der Waals surface area (Å²) < 4.78 is 23.5. The van der Waals surface area contributed by atoms with Crippen LogP contribution in [0.1, 0.15) is 24.3 Å². The Bertz CT molecular complexity index is 740. The molecule has 9 nitrogen and oxygen atoms in total. The lowest BCUT2D eigenvalue weighted by Gasteiger charge is -2.38. The van der Waals surface area contributed by atoms with Crippen molar-refractivity contribution in [3.8, 4) is 0 Å². The average molecular weight is 425 g/mol. The van der Waals surface area contributed by atoms with Crippen LogP contribution >= 0.6 is 0 Å². The van der Waals surface area contributed by atoms with E-state index in [1.807, 2.05) is 0 Å². The van der Waals surface area contributed by atoms with Gasteiger partial charge in [-0.05, 0) is 17.7 Å². The third-order valence-corrected chi connectivity index (χ3v) is 4.77. The number of halogens is 1. The zero-order valence-electron chi connectivity index (χ0n) is 16.5. The van der Waals surface area contributed by atoms with Crippen molar-refractivity contribution < 1.29 is 43.3 Å². The molecule has 1 aliphatic heterocycles. The van der Waals surface area contributed by atoms with Crippen LogP contribution in [0.25, 0.3) is 0 Å². The summed E-state index contributed by atoms with van der Waals surface area (Å²) in [6.45, 7) is -0.770. The molecule has 0 spiro atoms. The summed E-state index contributed by atoms with van der Waals surface area (Å²) in [4.78, 5) is 51.6. The predicted octanol–water partition coefficient (Wildman–Crippen LogP) is -0.00850. The standard InChI is InChI=1S/C20H24FNO8/c1-22-17(25)15(19(27)29-10-2-8-23)14(12-4-6-13(21)7-5-12)16(18(22)26)20(28)30-11-3-9-24/h4-7,14-16,23-24H,2-3,8-11H2,1H3/t14?,15-,16+. The highest BCUT2D eigenvalue weighted by Gasteiger charge is 2.55. The summed E-state index contributed by atoms with van der Waals surface area (Å²) in [7, 11) is 1.15. The van der Waals surface area contributed by atoms with Crippen LogP contribution in [-0.2, 0) is 28.7 Å². The Labute approximate surface area is 172 Å². The number of benzene rings is 1. The zero-order chi connectivity index (χ0) is 22.3. The number of rotatable bonds is 9. The molecule has 2 N–H and O–H groups in total. The Kier molecular flexibility index (Phi) is 8.43. The molecule has 0 aliphatic carbocycles. The van der Waals surface area contributed by atoms with Crippen LogP contribution in [0.2, 0.25) is 0 Å². The molecular formula is C20H24FNO8. The number of likely N-dealkylation sites (tertiary alicyclic amines) is 1. The third-order valence-electron chi connectivity index (χ3n) is 4.77. The summed E-state index contributed by atoms with van der Waals surface area (Å²) in [5.74, 6) is -8.55. The second kappa shape index (κ2) is 10.8. The van der Waals surface area contributed by atoms with Crippen molar-refractivity contribution in [3.63, 3.8) is 0 Å². The van der Waals surface area contributed by atoms with Gasteiger partial charge >= 0.3 is 11.9 Å². The number of nitrogens with zero attached hydrogens (tertiary/aromatic N) is 1. The molecule has 10 heteroatoms. The van der Waals surface area contributed by atoms with Crippen LogP contribution in [-0.4, -0.2) is 72.3 Å². The summed E-state index contributed by atoms with van der Waals surface area (Å²) in [5.41, 5.74) is 0.222. The second-order valence-corrected chi connectivity index (χ2v) is 6.76. The molecule has 0 bridgehead atoms. The molecule has 3 atom stereocenters. The van der Waals surface area contributed by atoms with Gasteiger partial charge in [0.25, 0.3) is 0 Å². The third kappa shape index (κ3) is 5.19. The van der Waals surface area contributed by atoms with Gasteiger partial charge < -0.3 is 19.7 Å². The van der Waals surface area contributed by atoms with Crippen LogP contribution in [0.4, 0.5) is 4.39 Å². The number of hydrogen-bond acceptors (Lipinski definition) is 8. The van der Waals surface area contributed by atoms with E-state index in [0.717, 1.165) is 19.2 Å². The van der Waals surface area contributed by atoms with E-state index in [4.69, 9.17) is 19.7 Å². The van der Waals surface area contributed by atoms with Crippen LogP contribution < -0.4 is 0 Å². The number of carbonyl (C=O) groups is 4. The number of aliphatic hydroxyl groups excluding tert-OH is 2. The molecule has 1 aromatic carbocycles. The maximum absolute atomic E-state index is 13.4. The number of imide groups is 1. The van der Waals surface area contributed by atoms with Gasteiger partial charge in [-0.15, -0.1) is 0 Å². The highest BCUT2D eigenvalue weighted by atomic mass is 19.1. The van der Waals surface area contributed by atoms with Gasteiger partial charge in [-0.1, -0.05) is 12.1 Å². The fraction of sp³-hybridized carbons (Fsp3) is 0.500. The SMILES string of the molecule is CN1C(=O)[C@@H](C(=O)OCCCO)C(c2ccc(F)cc2)[C@@H](C(=O)OCCCO)C1=O. The van der Waals surface area contributed by atoms with Gasteiger partial charge in [0.1, 0.15) is 17.7 Å². The molecule has 2 amide bonds. The van der Waals surface area contributed by atoms with Crippen LogP contribution in [0, 0.1) is 17.7 Å². The minimum absolute atomic E-state index is 0.148. The van der Waals surface area contributed by atoms with Crippen molar-refractivity contribution in [3.05, 3.63) is 35.6 Å². The molecule has 0 aromatic heterocycles. The Morgan fingerprint density at radius 3 is 1.77 bits per heavy atom. The van der Waals surface area contributed by atoms with Gasteiger partial charge in [-0.25, -0.2) is 4.39 Å². The fourth-order valence-electron chi connectivity index (χ4n) is 3.24. The summed E-state index contributed by atoms with van der Waals surface area (Å²) >= 11 is 0. The first-order valence-electron chi connectivity index (χ1n) is 9.45. The molecule has 1 heterocycles. The summed E-state index contributed by atoms with van der Waals surface area (Å²) in [6.07, 6.45) is 0.296. The van der Waals surface area contributed by atoms with Crippen molar-refractivity contribution in [1.29, 1.82) is 0 Å². The Morgan fingerprint density at radius 2 is 1.37 bits per heavy atom. The van der Waals surface area contributed by atoms with E-state index in [2.05, 4.69) is 0 Å². The van der Waals surface area contributed by atoms with Crippen molar-refractivity contribution >= 4 is 23.8 Å². The fourth-order valence-corrected chi connectivity index (χ4v) is 3.24. The number of carbonyl (C=O) groups excluding carboxylic acids is 4. The van der Waals surface area contributed by atoms with Crippen molar-refractivity contribution in [1.82, 2.24) is 4.90 Å². The van der Waals surface area contributed by atoms with E-state index in [9.17, 15) is 23.6 Å². The smallest absolute Gasteiger partial charge is 0.319 e. The lowest BCUT2D eigenvalue weighted by Crippen LogP contribution is -2.56. The minimum Gasteiger partial charge on any atom is -0.465 e. The first-order valence-corrected chi connectivity index (χ1v) is 9.45. The van der Waals surface area contributed by atoms with Gasteiger partial charge in [0.15, 0.2) is 0 Å². The van der Waals surface area contributed by atoms with Crippen LogP contribution in [0.3, 0.4) is 0 Å². The summed E-state index contributed by atoms with van der Waals surface area (Å²) in [6, 6.07) is 4.75. The lowest BCUT2D eigenvalue weighted by molar-refractivity contribution is -0.171. The lowest BCUT2D eigenvalue weighted by atomic mass is 9.72. The van der Waals surface area contributed by atoms with Gasteiger partial charge in [0, 0.05) is 39.0 Å². The van der Waals surface area contributed by atoms with E-state index >= 15 is 0 Å². The van der Waals surface area contributed by atoms with Crippen molar-refractivity contribution in [2.45, 2.75) is 18.8 Å². The maximum Gasteiger partial charge on any atom is 0.319 e. The molecule has 1 unspecified atom stereocenters. The second-order valence-electron chi connectivity index (χ2n) is 6.76. The number of hydrogen-bond donors (Lipinski definition) is 2. The molecule has 0 radical (unpaired) electrons. The first kappa shape index (κ1) is 23.4. The van der Waals surface area contributed by atoms with E-state index in [1.54, 1.807) is 0 Å². The monoisotopic (exact) mass is 425 g/mol. The molecule has 1 saturated heterocycles. The average Bonchev–Trinajstić information content (AvgIpc) is 2.72. The Morgan fingerprint density at radius 1 is 0.933 bits per heavy atom. The quantitative estimate of drug-likeness (QED) is 0.245. The Balaban J connectivity index is 2.46. The number of aliphatic hydroxyl groups is 2. The van der Waals surface area contributed by atoms with E-state index in [-0.39, 0.29) is 44.8 Å². The molecule has 30 heavy (non-hydrogen) atoms. The maximum atomic E-state index is 13.4. The van der Waals surface area contributed by atoms with Crippen LogP contribution in [0.5, 0.6) is 0 Å². The molecule has 2 rings (SSSR count). The largest absolute Gasteiger partial charge is 0.465 e. The summed E-state index contributed by atoms with van der Waals surface area (Å²) in [5, 5.41) is 17.7. The number of amides is 2. The highest BCUT2D eigenvalue weighted by molar-refractivity contribution is 6.14. The number of ether oxygens (including phenoxy) is 2. The Hall–Kier alpha value is -2.85. The first-order chi connectivity index (χ1) is 14.3. The van der Waals surface area contributed by atoms with Gasteiger partial charge in [-0.3, -0.25) is 24.1 Å². The van der Waals surface area contributed by atoms with Gasteiger partial charge in [-0.2, -0.15) is 0 Å². The van der Waals surface area contributed by atoms with Crippen molar-refractivity contribution in [2.24, 2.45) is 11.8 Å². The molecule has 1 aliphatic rings. The molecule has 1 fully saturated rings. The molecule has 164 valence electrons. The highest BCUT2D eigenvalue weighted by Crippen LogP contribution is 2.40. The predicted molar refractivity (Wildman–Crippen MR) is 99.2 cm³/mol. The van der Waals surface area contributed by atoms with Gasteiger partial charge in [0.2, 0.25) is 11.8 Å². The number of esters is 2. The normalized spacial score (nSPS) is 21.5. The van der Waals surface area contributed by atoms with E-state index in [0.29, 0.717) is 4.90 Å².